The van der Waals surface area contributed by atoms with Gasteiger partial charge >= 0.3 is 0 Å². The Morgan fingerprint density at radius 3 is 2.38 bits per heavy atom. The van der Waals surface area contributed by atoms with Gasteiger partial charge in [-0.1, -0.05) is 11.6 Å². The van der Waals surface area contributed by atoms with Gasteiger partial charge in [-0.2, -0.15) is 4.31 Å². The van der Waals surface area contributed by atoms with E-state index in [0.29, 0.717) is 11.1 Å². The van der Waals surface area contributed by atoms with Crippen molar-refractivity contribution in [3.63, 3.8) is 0 Å². The molecular weight excluding hydrogens is 390 g/mol. The minimum absolute atomic E-state index is 0.115. The number of hydrogen-bond acceptors (Lipinski definition) is 4. The second-order valence-corrected chi connectivity index (χ2v) is 7.56. The first-order chi connectivity index (χ1) is 12.2. The number of carbonyl (C=O) groups is 1. The highest BCUT2D eigenvalue weighted by molar-refractivity contribution is 7.89. The summed E-state index contributed by atoms with van der Waals surface area (Å²) in [7, 11) is -4.08. The molecule has 0 fully saturated rings. The van der Waals surface area contributed by atoms with E-state index in [-0.39, 0.29) is 17.1 Å². The largest absolute Gasteiger partial charge is 0.395 e. The molecule has 1 amide bonds. The van der Waals surface area contributed by atoms with Gasteiger partial charge in [-0.25, -0.2) is 17.2 Å². The highest BCUT2D eigenvalue weighted by Crippen LogP contribution is 2.19. The number of nitrogens with zero attached hydrogens (tertiary/aromatic N) is 1. The molecule has 0 radical (unpaired) electrons. The van der Waals surface area contributed by atoms with Crippen LogP contribution in [-0.4, -0.2) is 43.4 Å². The number of hydrogen-bond donors (Lipinski definition) is 2. The molecule has 2 N–H and O–H groups in total. The van der Waals surface area contributed by atoms with E-state index in [1.807, 2.05) is 0 Å². The quantitative estimate of drug-likeness (QED) is 0.741. The highest BCUT2D eigenvalue weighted by atomic mass is 35.5. The standard InChI is InChI=1S/C16H15ClF2N2O4S/c17-11-1-4-13(5-2-11)26(24,25)21(7-8-22)10-16(23)20-15-6-3-12(18)9-14(15)19/h1-6,9,22H,7-8,10H2,(H,20,23). The molecule has 2 aromatic carbocycles. The lowest BCUT2D eigenvalue weighted by Crippen LogP contribution is -2.39. The Kier molecular flexibility index (Phi) is 6.65. The van der Waals surface area contributed by atoms with E-state index >= 15 is 0 Å². The van der Waals surface area contributed by atoms with Gasteiger partial charge < -0.3 is 10.4 Å². The van der Waals surface area contributed by atoms with Gasteiger partial charge in [0.2, 0.25) is 15.9 Å². The maximum atomic E-state index is 13.6. The van der Waals surface area contributed by atoms with Crippen LogP contribution in [0.3, 0.4) is 0 Å². The number of nitrogens with one attached hydrogen (secondary N) is 1. The molecule has 6 nitrogen and oxygen atoms in total. The van der Waals surface area contributed by atoms with Crippen molar-refractivity contribution < 1.29 is 27.1 Å². The fourth-order valence-corrected chi connectivity index (χ4v) is 3.61. The first-order valence-electron chi connectivity index (χ1n) is 7.35. The molecule has 2 aromatic rings. The third-order valence-corrected chi connectivity index (χ3v) is 5.44. The molecular formula is C16H15ClF2N2O4S. The Labute approximate surface area is 154 Å². The minimum Gasteiger partial charge on any atom is -0.395 e. The molecule has 2 rings (SSSR count). The van der Waals surface area contributed by atoms with Crippen LogP contribution in [0.5, 0.6) is 0 Å². The topological polar surface area (TPSA) is 86.7 Å². The van der Waals surface area contributed by atoms with Gasteiger partial charge in [0.1, 0.15) is 11.6 Å². The molecule has 0 saturated carbocycles. The molecule has 0 atom stereocenters. The van der Waals surface area contributed by atoms with Crippen LogP contribution in [-0.2, 0) is 14.8 Å². The van der Waals surface area contributed by atoms with Gasteiger partial charge in [0.25, 0.3) is 0 Å². The van der Waals surface area contributed by atoms with Gasteiger partial charge in [0, 0.05) is 17.6 Å². The van der Waals surface area contributed by atoms with Crippen LogP contribution in [0.25, 0.3) is 0 Å². The van der Waals surface area contributed by atoms with Crippen molar-refractivity contribution in [1.82, 2.24) is 4.31 Å². The van der Waals surface area contributed by atoms with Gasteiger partial charge in [-0.3, -0.25) is 4.79 Å². The Balaban J connectivity index is 2.18. The SMILES string of the molecule is O=C(CN(CCO)S(=O)(=O)c1ccc(Cl)cc1)Nc1ccc(F)cc1F. The molecule has 0 aromatic heterocycles. The molecule has 140 valence electrons. The number of aliphatic hydroxyl groups is 1. The number of anilines is 1. The van der Waals surface area contributed by atoms with Crippen LogP contribution >= 0.6 is 11.6 Å². The summed E-state index contributed by atoms with van der Waals surface area (Å²) in [6.45, 7) is -1.53. The predicted octanol–water partition coefficient (Wildman–Crippen LogP) is 2.24. The van der Waals surface area contributed by atoms with Crippen molar-refractivity contribution in [3.05, 3.63) is 59.1 Å². The van der Waals surface area contributed by atoms with Crippen LogP contribution in [0.2, 0.25) is 5.02 Å². The van der Waals surface area contributed by atoms with Crippen LogP contribution < -0.4 is 5.32 Å². The number of carbonyl (C=O) groups excluding carboxylic acids is 1. The first kappa shape index (κ1) is 20.2. The molecule has 0 saturated heterocycles. The summed E-state index contributed by atoms with van der Waals surface area (Å²) in [5, 5.41) is 11.6. The summed E-state index contributed by atoms with van der Waals surface area (Å²) in [5.41, 5.74) is -0.288. The van der Waals surface area contributed by atoms with E-state index in [0.717, 1.165) is 16.4 Å². The summed E-state index contributed by atoms with van der Waals surface area (Å²) < 4.78 is 52.4. The zero-order valence-electron chi connectivity index (χ0n) is 13.3. The fourth-order valence-electron chi connectivity index (χ4n) is 2.09. The summed E-state index contributed by atoms with van der Waals surface area (Å²) in [5.74, 6) is -2.65. The van der Waals surface area contributed by atoms with E-state index in [4.69, 9.17) is 16.7 Å². The fraction of sp³-hybridized carbons (Fsp3) is 0.188. The molecule has 26 heavy (non-hydrogen) atoms. The van der Waals surface area contributed by atoms with E-state index in [9.17, 15) is 22.0 Å². The van der Waals surface area contributed by atoms with E-state index in [1.165, 1.54) is 24.3 Å². The predicted molar refractivity (Wildman–Crippen MR) is 92.3 cm³/mol. The number of rotatable bonds is 7. The third-order valence-electron chi connectivity index (χ3n) is 3.33. The van der Waals surface area contributed by atoms with Crippen molar-refractivity contribution in [2.75, 3.05) is 25.0 Å². The lowest BCUT2D eigenvalue weighted by Gasteiger charge is -2.21. The number of halogens is 3. The van der Waals surface area contributed by atoms with Crippen molar-refractivity contribution in [2.24, 2.45) is 0 Å². The second kappa shape index (κ2) is 8.54. The average Bonchev–Trinajstić information content (AvgIpc) is 2.57. The Bertz CT molecular complexity index is 892. The average molecular weight is 405 g/mol. The minimum atomic E-state index is -4.08. The normalized spacial score (nSPS) is 11.6. The van der Waals surface area contributed by atoms with E-state index in [2.05, 4.69) is 5.32 Å². The number of amides is 1. The summed E-state index contributed by atoms with van der Waals surface area (Å²) >= 11 is 5.73. The molecule has 0 aliphatic heterocycles. The van der Waals surface area contributed by atoms with Crippen molar-refractivity contribution >= 4 is 33.2 Å². The van der Waals surface area contributed by atoms with E-state index in [1.54, 1.807) is 0 Å². The van der Waals surface area contributed by atoms with Gasteiger partial charge in [-0.05, 0) is 36.4 Å². The van der Waals surface area contributed by atoms with Crippen molar-refractivity contribution in [1.29, 1.82) is 0 Å². The number of aliphatic hydroxyl groups excluding tert-OH is 1. The smallest absolute Gasteiger partial charge is 0.243 e. The number of benzene rings is 2. The molecule has 0 bridgehead atoms. The molecule has 0 spiro atoms. The lowest BCUT2D eigenvalue weighted by molar-refractivity contribution is -0.116. The first-order valence-corrected chi connectivity index (χ1v) is 9.17. The summed E-state index contributed by atoms with van der Waals surface area (Å²) in [6, 6.07) is 7.84. The van der Waals surface area contributed by atoms with Gasteiger partial charge in [0.05, 0.1) is 23.7 Å². The van der Waals surface area contributed by atoms with Gasteiger partial charge in [-0.15, -0.1) is 0 Å². The van der Waals surface area contributed by atoms with E-state index < -0.39 is 40.7 Å². The molecule has 0 heterocycles. The van der Waals surface area contributed by atoms with Gasteiger partial charge in [0.15, 0.2) is 0 Å². The highest BCUT2D eigenvalue weighted by Gasteiger charge is 2.26. The monoisotopic (exact) mass is 404 g/mol. The van der Waals surface area contributed by atoms with Crippen molar-refractivity contribution in [3.8, 4) is 0 Å². The van der Waals surface area contributed by atoms with Crippen LogP contribution in [0.4, 0.5) is 14.5 Å². The van der Waals surface area contributed by atoms with Crippen molar-refractivity contribution in [2.45, 2.75) is 4.90 Å². The Morgan fingerprint density at radius 1 is 1.15 bits per heavy atom. The molecule has 0 aliphatic carbocycles. The lowest BCUT2D eigenvalue weighted by atomic mass is 10.3. The van der Waals surface area contributed by atoms with Crippen LogP contribution in [0.1, 0.15) is 0 Å². The molecule has 10 heteroatoms. The second-order valence-electron chi connectivity index (χ2n) is 5.19. The Morgan fingerprint density at radius 2 is 1.81 bits per heavy atom. The van der Waals surface area contributed by atoms with Crippen LogP contribution in [0.15, 0.2) is 47.4 Å². The zero-order valence-corrected chi connectivity index (χ0v) is 14.9. The zero-order chi connectivity index (χ0) is 19.3. The summed E-state index contributed by atoms with van der Waals surface area (Å²) in [6.07, 6.45) is 0. The maximum absolute atomic E-state index is 13.6. The van der Waals surface area contributed by atoms with Crippen LogP contribution in [0, 0.1) is 11.6 Å². The molecule has 0 aliphatic rings. The molecule has 0 unspecified atom stereocenters. The maximum Gasteiger partial charge on any atom is 0.243 e. The Hall–Kier alpha value is -2.07. The number of sulfonamides is 1. The summed E-state index contributed by atoms with van der Waals surface area (Å²) in [4.78, 5) is 12.0. The third kappa shape index (κ3) is 4.98.